The molecule has 8 nitrogen and oxygen atoms in total. The molecular formula is C13H17N5O3. The molecule has 0 spiro atoms. The Morgan fingerprint density at radius 3 is 2.38 bits per heavy atom. The van der Waals surface area contributed by atoms with Crippen molar-refractivity contribution >= 4 is 17.6 Å². The van der Waals surface area contributed by atoms with E-state index in [-0.39, 0.29) is 11.6 Å². The number of aryl methyl sites for hydroxylation is 4. The van der Waals surface area contributed by atoms with Gasteiger partial charge in [-0.1, -0.05) is 0 Å². The summed E-state index contributed by atoms with van der Waals surface area (Å²) in [5, 5.41) is 11.0. The van der Waals surface area contributed by atoms with Crippen molar-refractivity contribution in [3.05, 3.63) is 28.8 Å². The van der Waals surface area contributed by atoms with E-state index in [0.717, 1.165) is 5.69 Å². The quantitative estimate of drug-likeness (QED) is 0.845. The van der Waals surface area contributed by atoms with E-state index in [1.807, 2.05) is 0 Å². The first-order valence-electron chi connectivity index (χ1n) is 6.29. The number of rotatable bonds is 3. The van der Waals surface area contributed by atoms with E-state index >= 15 is 0 Å². The number of amides is 1. The van der Waals surface area contributed by atoms with E-state index in [0.29, 0.717) is 17.1 Å². The highest BCUT2D eigenvalue weighted by Crippen LogP contribution is 2.21. The van der Waals surface area contributed by atoms with Crippen LogP contribution in [0.2, 0.25) is 0 Å². The molecule has 0 aliphatic carbocycles. The standard InChI is InChI=1S/C13H17N5O3/c1-7-6-9(17(3)15-7)12(19)14-10-8(2)16-18(4)11(10)13(20)21-5/h6H,1-5H3,(H,14,19). The molecule has 2 rings (SSSR count). The highest BCUT2D eigenvalue weighted by molar-refractivity contribution is 6.07. The van der Waals surface area contributed by atoms with Crippen molar-refractivity contribution in [2.45, 2.75) is 13.8 Å². The summed E-state index contributed by atoms with van der Waals surface area (Å²) in [6.07, 6.45) is 0. The molecule has 2 heterocycles. The van der Waals surface area contributed by atoms with Crippen molar-refractivity contribution in [3.8, 4) is 0 Å². The highest BCUT2D eigenvalue weighted by Gasteiger charge is 2.23. The third-order valence-corrected chi connectivity index (χ3v) is 3.07. The van der Waals surface area contributed by atoms with Crippen LogP contribution in [-0.4, -0.2) is 38.5 Å². The molecule has 0 saturated heterocycles. The Balaban J connectivity index is 2.38. The number of hydrogen-bond donors (Lipinski definition) is 1. The smallest absolute Gasteiger partial charge is 0.358 e. The van der Waals surface area contributed by atoms with Gasteiger partial charge in [-0.05, 0) is 19.9 Å². The molecule has 0 atom stereocenters. The molecule has 0 aliphatic heterocycles. The molecule has 112 valence electrons. The maximum Gasteiger partial charge on any atom is 0.358 e. The van der Waals surface area contributed by atoms with Crippen LogP contribution in [0, 0.1) is 13.8 Å². The summed E-state index contributed by atoms with van der Waals surface area (Å²) in [7, 11) is 4.57. The fourth-order valence-electron chi connectivity index (χ4n) is 2.14. The SMILES string of the molecule is COC(=O)c1c(NC(=O)c2cc(C)nn2C)c(C)nn1C. The number of methoxy groups -OCH3 is 1. The molecule has 8 heteroatoms. The monoisotopic (exact) mass is 291 g/mol. The molecule has 0 fully saturated rings. The van der Waals surface area contributed by atoms with Gasteiger partial charge < -0.3 is 10.1 Å². The predicted molar refractivity (Wildman–Crippen MR) is 75.2 cm³/mol. The van der Waals surface area contributed by atoms with E-state index in [4.69, 9.17) is 4.74 Å². The number of carbonyl (C=O) groups excluding carboxylic acids is 2. The van der Waals surface area contributed by atoms with Gasteiger partial charge in [0, 0.05) is 14.1 Å². The fourth-order valence-corrected chi connectivity index (χ4v) is 2.14. The van der Waals surface area contributed by atoms with Crippen LogP contribution in [0.25, 0.3) is 0 Å². The normalized spacial score (nSPS) is 10.5. The molecule has 0 aromatic carbocycles. The van der Waals surface area contributed by atoms with Crippen LogP contribution in [0.1, 0.15) is 32.4 Å². The van der Waals surface area contributed by atoms with Crippen LogP contribution >= 0.6 is 0 Å². The molecule has 0 saturated carbocycles. The average molecular weight is 291 g/mol. The summed E-state index contributed by atoms with van der Waals surface area (Å²) in [5.41, 5.74) is 2.20. The Bertz CT molecular complexity index is 714. The predicted octanol–water partition coefficient (Wildman–Crippen LogP) is 0.809. The number of ether oxygens (including phenoxy) is 1. The minimum absolute atomic E-state index is 0.197. The molecule has 2 aromatic rings. The number of anilines is 1. The van der Waals surface area contributed by atoms with E-state index in [2.05, 4.69) is 15.5 Å². The summed E-state index contributed by atoms with van der Waals surface area (Å²) in [5.74, 6) is -0.922. The minimum Gasteiger partial charge on any atom is -0.464 e. The Morgan fingerprint density at radius 1 is 1.19 bits per heavy atom. The number of esters is 1. The van der Waals surface area contributed by atoms with Gasteiger partial charge in [-0.15, -0.1) is 0 Å². The zero-order chi connectivity index (χ0) is 15.7. The summed E-state index contributed by atoms with van der Waals surface area (Å²) < 4.78 is 7.58. The molecule has 21 heavy (non-hydrogen) atoms. The van der Waals surface area contributed by atoms with Crippen molar-refractivity contribution in [2.24, 2.45) is 14.1 Å². The van der Waals surface area contributed by atoms with Crippen molar-refractivity contribution in [1.29, 1.82) is 0 Å². The van der Waals surface area contributed by atoms with Crippen LogP contribution in [0.15, 0.2) is 6.07 Å². The van der Waals surface area contributed by atoms with Gasteiger partial charge in [-0.25, -0.2) is 4.79 Å². The molecule has 1 amide bonds. The Hall–Kier alpha value is -2.64. The molecular weight excluding hydrogens is 274 g/mol. The zero-order valence-corrected chi connectivity index (χ0v) is 12.6. The van der Waals surface area contributed by atoms with Gasteiger partial charge in [0.1, 0.15) is 5.69 Å². The lowest BCUT2D eigenvalue weighted by Crippen LogP contribution is -2.19. The Morgan fingerprint density at radius 2 is 1.86 bits per heavy atom. The fraction of sp³-hybridized carbons (Fsp3) is 0.385. The first-order valence-corrected chi connectivity index (χ1v) is 6.29. The van der Waals surface area contributed by atoms with Gasteiger partial charge in [0.25, 0.3) is 5.91 Å². The van der Waals surface area contributed by atoms with E-state index in [1.165, 1.54) is 16.5 Å². The third kappa shape index (κ3) is 2.64. The Labute approximate surface area is 121 Å². The number of hydrogen-bond acceptors (Lipinski definition) is 5. The topological polar surface area (TPSA) is 91.0 Å². The maximum atomic E-state index is 12.3. The second-order valence-corrected chi connectivity index (χ2v) is 4.67. The van der Waals surface area contributed by atoms with Gasteiger partial charge >= 0.3 is 5.97 Å². The van der Waals surface area contributed by atoms with Gasteiger partial charge in [0.05, 0.1) is 24.2 Å². The minimum atomic E-state index is -0.561. The van der Waals surface area contributed by atoms with E-state index < -0.39 is 5.97 Å². The number of nitrogens with one attached hydrogen (secondary N) is 1. The summed E-state index contributed by atoms with van der Waals surface area (Å²) in [4.78, 5) is 24.1. The molecule has 0 aliphatic rings. The number of aromatic nitrogens is 4. The first kappa shape index (κ1) is 14.8. The van der Waals surface area contributed by atoms with Gasteiger partial charge in [0.2, 0.25) is 0 Å². The van der Waals surface area contributed by atoms with Crippen molar-refractivity contribution in [3.63, 3.8) is 0 Å². The third-order valence-electron chi connectivity index (χ3n) is 3.07. The van der Waals surface area contributed by atoms with Crippen LogP contribution in [-0.2, 0) is 18.8 Å². The van der Waals surface area contributed by atoms with Crippen LogP contribution < -0.4 is 5.32 Å². The van der Waals surface area contributed by atoms with Gasteiger partial charge in [-0.3, -0.25) is 14.2 Å². The number of nitrogens with zero attached hydrogens (tertiary/aromatic N) is 4. The highest BCUT2D eigenvalue weighted by atomic mass is 16.5. The summed E-state index contributed by atoms with van der Waals surface area (Å²) in [6.45, 7) is 3.50. The first-order chi connectivity index (χ1) is 9.85. The lowest BCUT2D eigenvalue weighted by Gasteiger charge is -2.07. The molecule has 1 N–H and O–H groups in total. The van der Waals surface area contributed by atoms with E-state index in [9.17, 15) is 9.59 Å². The van der Waals surface area contributed by atoms with Crippen molar-refractivity contribution in [1.82, 2.24) is 19.6 Å². The lowest BCUT2D eigenvalue weighted by atomic mass is 10.2. The second-order valence-electron chi connectivity index (χ2n) is 4.67. The van der Waals surface area contributed by atoms with Crippen LogP contribution in [0.3, 0.4) is 0 Å². The van der Waals surface area contributed by atoms with Crippen molar-refractivity contribution < 1.29 is 14.3 Å². The van der Waals surface area contributed by atoms with Gasteiger partial charge in [0.15, 0.2) is 5.69 Å². The molecule has 0 bridgehead atoms. The average Bonchev–Trinajstić information content (AvgIpc) is 2.88. The molecule has 2 aromatic heterocycles. The van der Waals surface area contributed by atoms with Crippen LogP contribution in [0.4, 0.5) is 5.69 Å². The zero-order valence-electron chi connectivity index (χ0n) is 12.6. The molecule has 0 radical (unpaired) electrons. The lowest BCUT2D eigenvalue weighted by molar-refractivity contribution is 0.0589. The maximum absolute atomic E-state index is 12.3. The number of carbonyl (C=O) groups is 2. The summed E-state index contributed by atoms with van der Waals surface area (Å²) in [6, 6.07) is 1.67. The Kier molecular flexibility index (Phi) is 3.79. The van der Waals surface area contributed by atoms with Gasteiger partial charge in [-0.2, -0.15) is 10.2 Å². The summed E-state index contributed by atoms with van der Waals surface area (Å²) >= 11 is 0. The van der Waals surface area contributed by atoms with Crippen molar-refractivity contribution in [2.75, 3.05) is 12.4 Å². The largest absolute Gasteiger partial charge is 0.464 e. The van der Waals surface area contributed by atoms with E-state index in [1.54, 1.807) is 34.0 Å². The van der Waals surface area contributed by atoms with Crippen LogP contribution in [0.5, 0.6) is 0 Å². The second kappa shape index (κ2) is 5.39. The molecule has 0 unspecified atom stereocenters.